The number of halogens is 1. The molecule has 0 saturated carbocycles. The van der Waals surface area contributed by atoms with Crippen LogP contribution in [0.25, 0.3) is 0 Å². The van der Waals surface area contributed by atoms with Gasteiger partial charge in [0, 0.05) is 30.3 Å². The van der Waals surface area contributed by atoms with Gasteiger partial charge in [-0.3, -0.25) is 0 Å². The molecule has 1 heterocycles. The van der Waals surface area contributed by atoms with Crippen LogP contribution in [-0.2, 0) is 0 Å². The van der Waals surface area contributed by atoms with Gasteiger partial charge in [0.1, 0.15) is 0 Å². The second kappa shape index (κ2) is 3.20. The number of hydrogen-bond acceptors (Lipinski definition) is 2. The number of fused-ring (bicyclic) bond motifs is 1. The molecule has 1 unspecified atom stereocenters. The van der Waals surface area contributed by atoms with Crippen molar-refractivity contribution in [2.24, 2.45) is 5.73 Å². The van der Waals surface area contributed by atoms with Crippen molar-refractivity contribution in [1.29, 1.82) is 0 Å². The Hall–Kier alpha value is -0.730. The summed E-state index contributed by atoms with van der Waals surface area (Å²) in [5.74, 6) is 0. The Labute approximate surface area is 83.3 Å². The maximum Gasteiger partial charge on any atom is 0.0427 e. The highest BCUT2D eigenvalue weighted by atomic mass is 35.5. The van der Waals surface area contributed by atoms with E-state index in [-0.39, 0.29) is 6.04 Å². The number of rotatable bonds is 0. The van der Waals surface area contributed by atoms with E-state index in [0.29, 0.717) is 0 Å². The molecular formula is C10H13ClN2. The molecule has 1 aromatic carbocycles. The summed E-state index contributed by atoms with van der Waals surface area (Å²) in [7, 11) is 2.07. The summed E-state index contributed by atoms with van der Waals surface area (Å²) in [4.78, 5) is 2.20. The lowest BCUT2D eigenvalue weighted by Crippen LogP contribution is -2.30. The molecule has 3 heteroatoms. The van der Waals surface area contributed by atoms with Gasteiger partial charge in [-0.25, -0.2) is 0 Å². The van der Waals surface area contributed by atoms with Crippen LogP contribution in [0.1, 0.15) is 18.0 Å². The van der Waals surface area contributed by atoms with Crippen molar-refractivity contribution in [3.63, 3.8) is 0 Å². The largest absolute Gasteiger partial charge is 0.374 e. The Balaban J connectivity index is 2.50. The molecule has 2 rings (SSSR count). The molecule has 0 aliphatic carbocycles. The Morgan fingerprint density at radius 1 is 1.54 bits per heavy atom. The number of anilines is 1. The van der Waals surface area contributed by atoms with Gasteiger partial charge in [0.05, 0.1) is 0 Å². The number of benzene rings is 1. The molecule has 13 heavy (non-hydrogen) atoms. The lowest BCUT2D eigenvalue weighted by atomic mass is 9.98. The van der Waals surface area contributed by atoms with E-state index in [9.17, 15) is 0 Å². The van der Waals surface area contributed by atoms with Crippen LogP contribution in [0.3, 0.4) is 0 Å². The normalized spacial score (nSPS) is 21.5. The van der Waals surface area contributed by atoms with Crippen LogP contribution < -0.4 is 10.6 Å². The first-order chi connectivity index (χ1) is 6.18. The van der Waals surface area contributed by atoms with Gasteiger partial charge in [-0.2, -0.15) is 0 Å². The Morgan fingerprint density at radius 3 is 3.08 bits per heavy atom. The van der Waals surface area contributed by atoms with Crippen LogP contribution in [0.2, 0.25) is 5.02 Å². The maximum absolute atomic E-state index is 5.99. The van der Waals surface area contributed by atoms with Crippen LogP contribution >= 0.6 is 11.6 Å². The second-order valence-electron chi connectivity index (χ2n) is 3.52. The van der Waals surface area contributed by atoms with E-state index in [4.69, 9.17) is 17.3 Å². The molecule has 1 aromatic rings. The van der Waals surface area contributed by atoms with Gasteiger partial charge in [-0.1, -0.05) is 17.7 Å². The molecule has 0 saturated heterocycles. The molecule has 0 aromatic heterocycles. The molecule has 2 nitrogen and oxygen atoms in total. The molecule has 1 atom stereocenters. The molecule has 0 radical (unpaired) electrons. The van der Waals surface area contributed by atoms with E-state index < -0.39 is 0 Å². The van der Waals surface area contributed by atoms with Gasteiger partial charge in [0.25, 0.3) is 0 Å². The second-order valence-corrected chi connectivity index (χ2v) is 3.96. The van der Waals surface area contributed by atoms with Crippen LogP contribution in [0.15, 0.2) is 18.2 Å². The highest BCUT2D eigenvalue weighted by molar-refractivity contribution is 6.30. The minimum absolute atomic E-state index is 0.170. The minimum atomic E-state index is 0.170. The fraction of sp³-hybridized carbons (Fsp3) is 0.400. The molecule has 2 N–H and O–H groups in total. The summed E-state index contributed by atoms with van der Waals surface area (Å²) < 4.78 is 0. The van der Waals surface area contributed by atoms with E-state index in [2.05, 4.69) is 11.9 Å². The summed E-state index contributed by atoms with van der Waals surface area (Å²) in [5, 5.41) is 0.778. The molecule has 1 aliphatic rings. The summed E-state index contributed by atoms with van der Waals surface area (Å²) >= 11 is 5.92. The Morgan fingerprint density at radius 2 is 2.31 bits per heavy atom. The first kappa shape index (κ1) is 8.85. The monoisotopic (exact) mass is 196 g/mol. The average molecular weight is 197 g/mol. The molecule has 0 spiro atoms. The van der Waals surface area contributed by atoms with Gasteiger partial charge in [0.15, 0.2) is 0 Å². The van der Waals surface area contributed by atoms with Gasteiger partial charge in [-0.05, 0) is 24.1 Å². The fourth-order valence-electron chi connectivity index (χ4n) is 1.77. The highest BCUT2D eigenvalue weighted by Crippen LogP contribution is 2.33. The van der Waals surface area contributed by atoms with Crippen molar-refractivity contribution in [3.05, 3.63) is 28.8 Å². The fourth-order valence-corrected chi connectivity index (χ4v) is 1.94. The zero-order chi connectivity index (χ0) is 9.42. The van der Waals surface area contributed by atoms with Crippen LogP contribution in [0.4, 0.5) is 5.69 Å². The summed E-state index contributed by atoms with van der Waals surface area (Å²) in [6.45, 7) is 1.01. The zero-order valence-corrected chi connectivity index (χ0v) is 8.38. The number of hydrogen-bond donors (Lipinski definition) is 1. The van der Waals surface area contributed by atoms with Crippen LogP contribution in [-0.4, -0.2) is 13.6 Å². The smallest absolute Gasteiger partial charge is 0.0427 e. The molecule has 0 fully saturated rings. The van der Waals surface area contributed by atoms with Gasteiger partial charge in [0.2, 0.25) is 0 Å². The van der Waals surface area contributed by atoms with Gasteiger partial charge in [-0.15, -0.1) is 0 Å². The third-order valence-corrected chi connectivity index (χ3v) is 2.81. The molecule has 1 aliphatic heterocycles. The lowest BCUT2D eigenvalue weighted by molar-refractivity contribution is 0.614. The minimum Gasteiger partial charge on any atom is -0.374 e. The molecule has 70 valence electrons. The third-order valence-electron chi connectivity index (χ3n) is 2.58. The predicted molar refractivity (Wildman–Crippen MR) is 56.3 cm³/mol. The van der Waals surface area contributed by atoms with E-state index in [1.807, 2.05) is 18.2 Å². The maximum atomic E-state index is 5.99. The van der Waals surface area contributed by atoms with E-state index in [1.54, 1.807) is 0 Å². The highest BCUT2D eigenvalue weighted by Gasteiger charge is 2.19. The zero-order valence-electron chi connectivity index (χ0n) is 7.63. The van der Waals surface area contributed by atoms with Crippen molar-refractivity contribution in [2.45, 2.75) is 12.5 Å². The van der Waals surface area contributed by atoms with Crippen LogP contribution in [0, 0.1) is 0 Å². The Kier molecular flexibility index (Phi) is 2.18. The van der Waals surface area contributed by atoms with E-state index in [1.165, 1.54) is 11.3 Å². The predicted octanol–water partition coefficient (Wildman–Crippen LogP) is 2.18. The van der Waals surface area contributed by atoms with Gasteiger partial charge < -0.3 is 10.6 Å². The van der Waals surface area contributed by atoms with Crippen molar-refractivity contribution in [1.82, 2.24) is 0 Å². The van der Waals surface area contributed by atoms with E-state index in [0.717, 1.165) is 18.0 Å². The Bertz CT molecular complexity index is 325. The topological polar surface area (TPSA) is 29.3 Å². The van der Waals surface area contributed by atoms with Gasteiger partial charge >= 0.3 is 0 Å². The van der Waals surface area contributed by atoms with E-state index >= 15 is 0 Å². The standard InChI is InChI=1S/C10H13ClN2/c1-13-5-4-9(12)8-3-2-7(11)6-10(8)13/h2-3,6,9H,4-5,12H2,1H3. The van der Waals surface area contributed by atoms with Crippen LogP contribution in [0.5, 0.6) is 0 Å². The van der Waals surface area contributed by atoms with Crippen molar-refractivity contribution >= 4 is 17.3 Å². The first-order valence-corrected chi connectivity index (χ1v) is 4.82. The quantitative estimate of drug-likeness (QED) is 0.689. The summed E-state index contributed by atoms with van der Waals surface area (Å²) in [6, 6.07) is 6.08. The third kappa shape index (κ3) is 1.52. The summed E-state index contributed by atoms with van der Waals surface area (Å²) in [6.07, 6.45) is 1.02. The average Bonchev–Trinajstić information content (AvgIpc) is 2.12. The summed E-state index contributed by atoms with van der Waals surface area (Å²) in [5.41, 5.74) is 8.37. The first-order valence-electron chi connectivity index (χ1n) is 4.44. The van der Waals surface area contributed by atoms with Crippen molar-refractivity contribution in [2.75, 3.05) is 18.5 Å². The SMILES string of the molecule is CN1CCC(N)c2ccc(Cl)cc21. The lowest BCUT2D eigenvalue weighted by Gasteiger charge is -2.31. The number of nitrogens with two attached hydrogens (primary N) is 1. The van der Waals surface area contributed by atoms with Crippen molar-refractivity contribution < 1.29 is 0 Å². The molecule has 0 bridgehead atoms. The van der Waals surface area contributed by atoms with Crippen molar-refractivity contribution in [3.8, 4) is 0 Å². The number of nitrogens with zero attached hydrogens (tertiary/aromatic N) is 1. The molecule has 0 amide bonds. The molecular weight excluding hydrogens is 184 g/mol.